The number of nitrogens with one attached hydrogen (secondary N) is 3. The molecule has 0 saturated heterocycles. The van der Waals surface area contributed by atoms with E-state index in [-0.39, 0.29) is 54.8 Å². The Morgan fingerprint density at radius 1 is 0.816 bits per heavy atom. The summed E-state index contributed by atoms with van der Waals surface area (Å²) in [5, 5.41) is 22.3. The van der Waals surface area contributed by atoms with E-state index in [0.29, 0.717) is 95.5 Å². The average molecular weight is 1080 g/mol. The fraction of sp³-hybridized carbons (Fsp3) is 0.439. The third kappa shape index (κ3) is 18.4. The number of carbonyl (C=O) groups excluding carboxylic acids is 4. The van der Waals surface area contributed by atoms with Gasteiger partial charge in [-0.25, -0.2) is 4.98 Å². The van der Waals surface area contributed by atoms with Gasteiger partial charge in [-0.1, -0.05) is 55.3 Å². The van der Waals surface area contributed by atoms with E-state index in [1.807, 2.05) is 77.9 Å². The summed E-state index contributed by atoms with van der Waals surface area (Å²) in [5.74, 6) is -0.998. The number of benzene rings is 4. The molecule has 4 amide bonds. The number of hydrogen-bond donors (Lipinski definition) is 3. The Bertz CT molecular complexity index is 2620. The number of fused-ring (bicyclic) bond motifs is 1. The summed E-state index contributed by atoms with van der Waals surface area (Å²) in [6, 6.07) is 30.5. The number of ether oxygens (including phenoxy) is 6. The topological polar surface area (TPSA) is 203 Å². The number of rotatable bonds is 32. The molecule has 0 bridgehead atoms. The molecule has 2 heterocycles. The molecule has 17 nitrogen and oxygen atoms in total. The zero-order valence-corrected chi connectivity index (χ0v) is 45.4. The average Bonchev–Trinajstić information content (AvgIpc) is 3.96. The number of carbonyl (C=O) groups is 4. The standard InChI is InChI=1S/C57H70ClN7O10S/c1-5-6-52(64(4)57(69)46(38-59)37-55-61-23-34-76-55)43-11-18-49(19-12-43)75-39-54(67)60-21-24-70-26-28-72-30-32-74-33-31-73-29-27-71-25-22-62-56(68)44-9-7-42(8-10-44)45-13-20-53-50(36-45)51(35-40(2)65(53)41(3)66)63-48-16-14-47(58)15-17-48/h7-20,23,34,36,40,46,51-52,63H,5-6,21-22,24-33,35,37,39H2,1-4H3,(H,60,67)(H,62,68). The van der Waals surface area contributed by atoms with Gasteiger partial charge in [0.05, 0.1) is 89.2 Å². The van der Waals surface area contributed by atoms with E-state index in [1.54, 1.807) is 49.3 Å². The van der Waals surface area contributed by atoms with E-state index in [4.69, 9.17) is 40.0 Å². The van der Waals surface area contributed by atoms with Gasteiger partial charge in [-0.3, -0.25) is 19.2 Å². The molecule has 4 atom stereocenters. The maximum Gasteiger partial charge on any atom is 0.258 e. The lowest BCUT2D eigenvalue weighted by Crippen LogP contribution is -2.43. The number of nitriles is 1. The van der Waals surface area contributed by atoms with Gasteiger partial charge in [0.1, 0.15) is 11.7 Å². The predicted molar refractivity (Wildman–Crippen MR) is 294 cm³/mol. The van der Waals surface area contributed by atoms with Gasteiger partial charge in [-0.05, 0) is 103 Å². The molecule has 1 aromatic heterocycles. The lowest BCUT2D eigenvalue weighted by molar-refractivity contribution is -0.135. The Morgan fingerprint density at radius 3 is 2.00 bits per heavy atom. The largest absolute Gasteiger partial charge is 0.484 e. The van der Waals surface area contributed by atoms with E-state index in [1.165, 1.54) is 11.3 Å². The van der Waals surface area contributed by atoms with Crippen molar-refractivity contribution in [2.45, 2.75) is 64.6 Å². The van der Waals surface area contributed by atoms with Crippen LogP contribution in [-0.2, 0) is 44.5 Å². The first-order chi connectivity index (χ1) is 36.9. The van der Waals surface area contributed by atoms with E-state index < -0.39 is 5.92 Å². The van der Waals surface area contributed by atoms with Crippen LogP contribution in [0.15, 0.2) is 103 Å². The zero-order valence-electron chi connectivity index (χ0n) is 43.8. The van der Waals surface area contributed by atoms with E-state index >= 15 is 0 Å². The van der Waals surface area contributed by atoms with E-state index in [9.17, 15) is 24.4 Å². The van der Waals surface area contributed by atoms with Crippen molar-refractivity contribution >= 4 is 57.9 Å². The SMILES string of the molecule is CCCC(c1ccc(OCC(=O)NCCOCCOCCOCCOCCOCCNC(=O)c2ccc(-c3ccc4c(c3)C(Nc3ccc(Cl)cc3)CC(C)N4C(C)=O)cc2)cc1)N(C)C(=O)C(C#N)Cc1nccs1. The minimum absolute atomic E-state index is 0.00182. The predicted octanol–water partition coefficient (Wildman–Crippen LogP) is 8.45. The number of thiazole rings is 1. The van der Waals surface area contributed by atoms with Gasteiger partial charge in [-0.2, -0.15) is 5.26 Å². The summed E-state index contributed by atoms with van der Waals surface area (Å²) < 4.78 is 33.5. The molecule has 3 N–H and O–H groups in total. The minimum atomic E-state index is -0.814. The monoisotopic (exact) mass is 1080 g/mol. The molecule has 0 saturated carbocycles. The molecule has 1 aliphatic rings. The Labute approximate surface area is 455 Å². The molecule has 406 valence electrons. The summed E-state index contributed by atoms with van der Waals surface area (Å²) in [7, 11) is 1.73. The molecule has 19 heteroatoms. The second-order valence-corrected chi connectivity index (χ2v) is 19.5. The summed E-state index contributed by atoms with van der Waals surface area (Å²) in [5.41, 5.74) is 6.27. The Balaban J connectivity index is 0.740. The van der Waals surface area contributed by atoms with Gasteiger partial charge in [0, 0.05) is 73.1 Å². The van der Waals surface area contributed by atoms with Crippen molar-refractivity contribution in [2.24, 2.45) is 5.92 Å². The van der Waals surface area contributed by atoms with Crippen LogP contribution in [0.5, 0.6) is 5.75 Å². The number of anilines is 2. The van der Waals surface area contributed by atoms with Crippen LogP contribution in [0, 0.1) is 17.2 Å². The molecule has 0 aliphatic carbocycles. The summed E-state index contributed by atoms with van der Waals surface area (Å²) in [6.07, 6.45) is 4.27. The molecule has 6 rings (SSSR count). The first-order valence-corrected chi connectivity index (χ1v) is 27.0. The molecule has 1 aliphatic heterocycles. The van der Waals surface area contributed by atoms with E-state index in [0.717, 1.165) is 57.9 Å². The van der Waals surface area contributed by atoms with Gasteiger partial charge in [-0.15, -0.1) is 11.3 Å². The van der Waals surface area contributed by atoms with Crippen LogP contribution in [-0.4, -0.2) is 132 Å². The number of nitrogens with zero attached hydrogens (tertiary/aromatic N) is 4. The van der Waals surface area contributed by atoms with Crippen LogP contribution in [0.1, 0.15) is 78.6 Å². The zero-order chi connectivity index (χ0) is 54.1. The van der Waals surface area contributed by atoms with Crippen LogP contribution in [0.2, 0.25) is 5.02 Å². The van der Waals surface area contributed by atoms with Crippen molar-refractivity contribution in [3.63, 3.8) is 0 Å². The Hall–Kier alpha value is -6.43. The lowest BCUT2D eigenvalue weighted by atomic mass is 9.88. The maximum absolute atomic E-state index is 13.3. The smallest absolute Gasteiger partial charge is 0.258 e. The third-order valence-electron chi connectivity index (χ3n) is 12.6. The molecule has 0 radical (unpaired) electrons. The van der Waals surface area contributed by atoms with Gasteiger partial charge < -0.3 is 54.2 Å². The number of hydrogen-bond acceptors (Lipinski definition) is 14. The van der Waals surface area contributed by atoms with Crippen molar-refractivity contribution < 1.29 is 47.6 Å². The van der Waals surface area contributed by atoms with Gasteiger partial charge in [0.15, 0.2) is 6.61 Å². The highest BCUT2D eigenvalue weighted by Crippen LogP contribution is 2.41. The van der Waals surface area contributed by atoms with Gasteiger partial charge in [0.25, 0.3) is 11.8 Å². The fourth-order valence-corrected chi connectivity index (χ4v) is 9.55. The molecule has 76 heavy (non-hydrogen) atoms. The molecule has 4 aromatic carbocycles. The van der Waals surface area contributed by atoms with Crippen molar-refractivity contribution in [3.8, 4) is 22.9 Å². The molecular weight excluding hydrogens is 1010 g/mol. The molecule has 0 spiro atoms. The molecule has 4 unspecified atom stereocenters. The number of halogens is 1. The number of aromatic nitrogens is 1. The van der Waals surface area contributed by atoms with Gasteiger partial charge in [0.2, 0.25) is 11.8 Å². The fourth-order valence-electron chi connectivity index (χ4n) is 8.76. The van der Waals surface area contributed by atoms with Gasteiger partial charge >= 0.3 is 0 Å². The third-order valence-corrected chi connectivity index (χ3v) is 13.7. The van der Waals surface area contributed by atoms with Crippen molar-refractivity contribution in [2.75, 3.05) is 103 Å². The van der Waals surface area contributed by atoms with Crippen LogP contribution in [0.25, 0.3) is 11.1 Å². The summed E-state index contributed by atoms with van der Waals surface area (Å²) >= 11 is 7.56. The van der Waals surface area contributed by atoms with E-state index in [2.05, 4.69) is 40.0 Å². The minimum Gasteiger partial charge on any atom is -0.484 e. The Kier molecular flexibility index (Phi) is 24.4. The molecule has 5 aromatic rings. The van der Waals surface area contributed by atoms with Crippen LogP contribution in [0.4, 0.5) is 11.4 Å². The van der Waals surface area contributed by atoms with Crippen molar-refractivity contribution in [1.29, 1.82) is 5.26 Å². The first kappa shape index (κ1) is 58.8. The quantitative estimate of drug-likeness (QED) is 0.0347. The molecule has 0 fully saturated rings. The molecular formula is C57H70ClN7O10S. The first-order valence-electron chi connectivity index (χ1n) is 25.7. The second-order valence-electron chi connectivity index (χ2n) is 18.1. The van der Waals surface area contributed by atoms with Crippen LogP contribution < -0.4 is 25.6 Å². The number of amides is 4. The van der Waals surface area contributed by atoms with Crippen LogP contribution in [0.3, 0.4) is 0 Å². The highest BCUT2D eigenvalue weighted by molar-refractivity contribution is 7.09. The summed E-state index contributed by atoms with van der Waals surface area (Å²) in [6.45, 7) is 10.1. The maximum atomic E-state index is 13.3. The normalized spacial score (nSPS) is 14.7. The summed E-state index contributed by atoms with van der Waals surface area (Å²) in [4.78, 5) is 58.9. The van der Waals surface area contributed by atoms with Crippen LogP contribution >= 0.6 is 22.9 Å². The lowest BCUT2D eigenvalue weighted by Gasteiger charge is -2.39. The second kappa shape index (κ2) is 31.6. The van der Waals surface area contributed by atoms with Crippen molar-refractivity contribution in [1.82, 2.24) is 20.5 Å². The highest BCUT2D eigenvalue weighted by Gasteiger charge is 2.33. The van der Waals surface area contributed by atoms with Crippen molar-refractivity contribution in [3.05, 3.63) is 129 Å². The Morgan fingerprint density at radius 2 is 1.42 bits per heavy atom. The highest BCUT2D eigenvalue weighted by atomic mass is 35.5.